The van der Waals surface area contributed by atoms with Crippen LogP contribution in [0.1, 0.15) is 0 Å². The van der Waals surface area contributed by atoms with Gasteiger partial charge in [0.2, 0.25) is 0 Å². The average molecular weight is 736 g/mol. The van der Waals surface area contributed by atoms with Gasteiger partial charge in [-0.25, -0.2) is 24.9 Å². The molecule has 0 atom stereocenters. The van der Waals surface area contributed by atoms with Crippen LogP contribution in [0.4, 0.5) is 0 Å². The van der Waals surface area contributed by atoms with Crippen molar-refractivity contribution in [1.29, 1.82) is 0 Å². The number of benzene rings is 7. The van der Waals surface area contributed by atoms with Gasteiger partial charge in [-0.2, -0.15) is 0 Å². The van der Waals surface area contributed by atoms with Crippen LogP contribution in [-0.4, -0.2) is 24.9 Å². The van der Waals surface area contributed by atoms with Gasteiger partial charge < -0.3 is 4.42 Å². The fourth-order valence-corrected chi connectivity index (χ4v) is 8.54. The number of thiophene rings is 1. The standard InChI is InChI=1S/C49H29N5OS/c1-4-13-30(14-5-1)33-19-12-20-34(27-33)48-52-46(32-17-8-3-9-18-32)53-49(54-48)35-24-26-40-39(28-35)37-25-23-36(29-41(37)55-40)47-50-43(31-15-6-2-7-16-31)45-44(51-47)38-21-10-11-22-42(38)56-45/h1-29H. The zero-order chi connectivity index (χ0) is 37.0. The minimum Gasteiger partial charge on any atom is -0.456 e. The molecule has 0 spiro atoms. The Hall–Kier alpha value is -7.35. The first-order valence-electron chi connectivity index (χ1n) is 18.4. The van der Waals surface area contributed by atoms with Gasteiger partial charge in [0.1, 0.15) is 11.2 Å². The smallest absolute Gasteiger partial charge is 0.164 e. The number of hydrogen-bond donors (Lipinski definition) is 0. The van der Waals surface area contributed by atoms with Crippen LogP contribution >= 0.6 is 11.3 Å². The molecule has 0 aliphatic rings. The van der Waals surface area contributed by atoms with Crippen molar-refractivity contribution in [3.63, 3.8) is 0 Å². The van der Waals surface area contributed by atoms with E-state index in [0.717, 1.165) is 82.2 Å². The van der Waals surface area contributed by atoms with E-state index in [4.69, 9.17) is 29.3 Å². The molecule has 0 fully saturated rings. The van der Waals surface area contributed by atoms with Gasteiger partial charge in [-0.1, -0.05) is 133 Å². The van der Waals surface area contributed by atoms with Crippen molar-refractivity contribution in [3.8, 4) is 67.9 Å². The molecule has 0 bridgehead atoms. The van der Waals surface area contributed by atoms with Crippen LogP contribution < -0.4 is 0 Å². The number of rotatable bonds is 6. The Morgan fingerprint density at radius 2 is 0.911 bits per heavy atom. The van der Waals surface area contributed by atoms with Gasteiger partial charge in [0.15, 0.2) is 23.3 Å². The summed E-state index contributed by atoms with van der Waals surface area (Å²) in [5.74, 6) is 2.47. The van der Waals surface area contributed by atoms with Crippen LogP contribution in [0.15, 0.2) is 180 Å². The van der Waals surface area contributed by atoms with E-state index in [1.54, 1.807) is 11.3 Å². The summed E-state index contributed by atoms with van der Waals surface area (Å²) in [6.45, 7) is 0. The van der Waals surface area contributed by atoms with Crippen molar-refractivity contribution in [2.24, 2.45) is 0 Å². The quantitative estimate of drug-likeness (QED) is 0.169. The molecule has 262 valence electrons. The summed E-state index contributed by atoms with van der Waals surface area (Å²) in [6, 6.07) is 59.9. The highest BCUT2D eigenvalue weighted by Crippen LogP contribution is 2.40. The van der Waals surface area contributed by atoms with Gasteiger partial charge in [0, 0.05) is 48.7 Å². The lowest BCUT2D eigenvalue weighted by atomic mass is 10.0. The molecule has 0 N–H and O–H groups in total. The van der Waals surface area contributed by atoms with E-state index in [2.05, 4.69) is 103 Å². The molecule has 56 heavy (non-hydrogen) atoms. The van der Waals surface area contributed by atoms with E-state index in [-0.39, 0.29) is 0 Å². The molecule has 4 aromatic heterocycles. The summed E-state index contributed by atoms with van der Waals surface area (Å²) in [4.78, 5) is 25.4. The Bertz CT molecular complexity index is 3250. The van der Waals surface area contributed by atoms with E-state index < -0.39 is 0 Å². The zero-order valence-corrected chi connectivity index (χ0v) is 30.6. The second-order valence-corrected chi connectivity index (χ2v) is 14.7. The Morgan fingerprint density at radius 3 is 1.68 bits per heavy atom. The third-order valence-electron chi connectivity index (χ3n) is 10.1. The molecular formula is C49H29N5OS. The van der Waals surface area contributed by atoms with E-state index >= 15 is 0 Å². The van der Waals surface area contributed by atoms with E-state index in [1.807, 2.05) is 72.8 Å². The molecule has 7 aromatic carbocycles. The number of hydrogen-bond acceptors (Lipinski definition) is 7. The maximum atomic E-state index is 6.50. The first-order valence-corrected chi connectivity index (χ1v) is 19.2. The molecule has 4 heterocycles. The molecule has 0 unspecified atom stereocenters. The van der Waals surface area contributed by atoms with Crippen LogP contribution in [0.3, 0.4) is 0 Å². The fourth-order valence-electron chi connectivity index (χ4n) is 7.39. The Morgan fingerprint density at radius 1 is 0.339 bits per heavy atom. The highest BCUT2D eigenvalue weighted by molar-refractivity contribution is 7.26. The van der Waals surface area contributed by atoms with Crippen molar-refractivity contribution < 1.29 is 4.42 Å². The summed E-state index contributed by atoms with van der Waals surface area (Å²) in [5, 5.41) is 3.10. The predicted octanol–water partition coefficient (Wildman–Crippen LogP) is 12.9. The Kier molecular flexibility index (Phi) is 7.57. The minimum absolute atomic E-state index is 0.588. The number of nitrogens with zero attached hydrogens (tertiary/aromatic N) is 5. The van der Waals surface area contributed by atoms with Gasteiger partial charge in [-0.3, -0.25) is 0 Å². The first kappa shape index (κ1) is 32.1. The Balaban J connectivity index is 1.03. The fraction of sp³-hybridized carbons (Fsp3) is 0. The molecule has 0 aliphatic heterocycles. The lowest BCUT2D eigenvalue weighted by Gasteiger charge is -2.10. The van der Waals surface area contributed by atoms with Crippen LogP contribution in [0.25, 0.3) is 110 Å². The van der Waals surface area contributed by atoms with Gasteiger partial charge in [0.05, 0.1) is 15.9 Å². The number of aromatic nitrogens is 5. The van der Waals surface area contributed by atoms with Gasteiger partial charge in [-0.05, 0) is 53.6 Å². The van der Waals surface area contributed by atoms with Crippen molar-refractivity contribution in [2.45, 2.75) is 0 Å². The van der Waals surface area contributed by atoms with Crippen molar-refractivity contribution in [1.82, 2.24) is 24.9 Å². The maximum absolute atomic E-state index is 6.50. The van der Waals surface area contributed by atoms with Gasteiger partial charge in [0.25, 0.3) is 0 Å². The number of furan rings is 1. The van der Waals surface area contributed by atoms with Crippen LogP contribution in [0.5, 0.6) is 0 Å². The highest BCUT2D eigenvalue weighted by Gasteiger charge is 2.19. The summed E-state index contributed by atoms with van der Waals surface area (Å²) in [7, 11) is 0. The summed E-state index contributed by atoms with van der Waals surface area (Å²) < 4.78 is 8.77. The SMILES string of the molecule is c1ccc(-c2cccc(-c3nc(-c4ccccc4)nc(-c4ccc5oc6cc(-c7nc(-c8ccccc8)c8sc9ccccc9c8n7)ccc6c5c4)n3)c2)cc1. The third-order valence-corrected chi connectivity index (χ3v) is 11.3. The molecule has 0 radical (unpaired) electrons. The average Bonchev–Trinajstić information content (AvgIpc) is 3.84. The monoisotopic (exact) mass is 735 g/mol. The predicted molar refractivity (Wildman–Crippen MR) is 228 cm³/mol. The largest absolute Gasteiger partial charge is 0.456 e. The first-order chi connectivity index (χ1) is 27.7. The second kappa shape index (κ2) is 13.2. The third kappa shape index (κ3) is 5.61. The van der Waals surface area contributed by atoms with Crippen molar-refractivity contribution in [2.75, 3.05) is 0 Å². The van der Waals surface area contributed by atoms with Crippen LogP contribution in [-0.2, 0) is 0 Å². The summed E-state index contributed by atoms with van der Waals surface area (Å²) >= 11 is 1.73. The lowest BCUT2D eigenvalue weighted by molar-refractivity contribution is 0.669. The second-order valence-electron chi connectivity index (χ2n) is 13.7. The topological polar surface area (TPSA) is 77.6 Å². The van der Waals surface area contributed by atoms with Crippen molar-refractivity contribution >= 4 is 53.6 Å². The van der Waals surface area contributed by atoms with Crippen molar-refractivity contribution in [3.05, 3.63) is 176 Å². The zero-order valence-electron chi connectivity index (χ0n) is 29.8. The van der Waals surface area contributed by atoms with E-state index in [9.17, 15) is 0 Å². The highest BCUT2D eigenvalue weighted by atomic mass is 32.1. The normalized spacial score (nSPS) is 11.6. The summed E-state index contributed by atoms with van der Waals surface area (Å²) in [5.41, 5.74) is 10.3. The minimum atomic E-state index is 0.588. The molecular weight excluding hydrogens is 707 g/mol. The van der Waals surface area contributed by atoms with Crippen LogP contribution in [0, 0.1) is 0 Å². The molecule has 11 rings (SSSR count). The maximum Gasteiger partial charge on any atom is 0.164 e. The molecule has 11 aromatic rings. The molecule has 0 aliphatic carbocycles. The van der Waals surface area contributed by atoms with Crippen LogP contribution in [0.2, 0.25) is 0 Å². The molecule has 0 amide bonds. The Labute approximate surface area is 325 Å². The summed E-state index contributed by atoms with van der Waals surface area (Å²) in [6.07, 6.45) is 0. The molecule has 0 saturated carbocycles. The van der Waals surface area contributed by atoms with E-state index in [1.165, 1.54) is 4.70 Å². The molecule has 0 saturated heterocycles. The lowest BCUT2D eigenvalue weighted by Crippen LogP contribution is -2.00. The van der Waals surface area contributed by atoms with Gasteiger partial charge in [-0.15, -0.1) is 11.3 Å². The molecule has 6 nitrogen and oxygen atoms in total. The van der Waals surface area contributed by atoms with Gasteiger partial charge >= 0.3 is 0 Å². The van der Waals surface area contributed by atoms with E-state index in [0.29, 0.717) is 23.3 Å². The molecule has 7 heteroatoms. The number of fused-ring (bicyclic) bond motifs is 6.